The Balaban J connectivity index is 0.000000346. The van der Waals surface area contributed by atoms with Gasteiger partial charge in [-0.3, -0.25) is 0 Å². The van der Waals surface area contributed by atoms with Gasteiger partial charge < -0.3 is 22.9 Å². The average molecular weight is 969 g/mol. The second-order valence-electron chi connectivity index (χ2n) is 13.4. The van der Waals surface area contributed by atoms with E-state index in [2.05, 4.69) is 0 Å². The van der Waals surface area contributed by atoms with Gasteiger partial charge in [0.05, 0.1) is 0 Å². The predicted octanol–water partition coefficient (Wildman–Crippen LogP) is 12.6. The molecule has 4 nitrogen and oxygen atoms in total. The van der Waals surface area contributed by atoms with E-state index in [1.165, 1.54) is 0 Å². The summed E-state index contributed by atoms with van der Waals surface area (Å²) in [5.41, 5.74) is 11.3. The zero-order chi connectivity index (χ0) is 49.9. The van der Waals surface area contributed by atoms with Crippen LogP contribution in [0.4, 0.5) is 128 Å². The lowest BCUT2D eigenvalue weighted by atomic mass is 9.86. The van der Waals surface area contributed by atoms with Gasteiger partial charge in [0.15, 0.2) is 0 Å². The normalized spacial score (nSPS) is 14.5. The van der Waals surface area contributed by atoms with Crippen LogP contribution in [0, 0.1) is 0 Å². The molecule has 0 aliphatic heterocycles. The van der Waals surface area contributed by atoms with Gasteiger partial charge in [0, 0.05) is 45.0 Å². The summed E-state index contributed by atoms with van der Waals surface area (Å²) in [5, 5.41) is 0. The molecule has 0 aromatic heterocycles. The zero-order valence-corrected chi connectivity index (χ0v) is 30.6. The average Bonchev–Trinajstić information content (AvgIpc) is 3.18. The third-order valence-electron chi connectivity index (χ3n) is 9.04. The number of hydrogen-bond donors (Lipinski definition) is 4. The maximum atomic E-state index is 14.1. The van der Waals surface area contributed by atoms with Crippen LogP contribution in [0.25, 0.3) is 0 Å². The molecule has 28 heteroatoms. The maximum Gasteiger partial charge on any atom is 0.385 e. The molecule has 64 heavy (non-hydrogen) atoms. The number of nitrogens with two attached hydrogens (primary N) is 4. The lowest BCUT2D eigenvalue weighted by molar-refractivity contribution is -0.444. The first-order valence-corrected chi connectivity index (χ1v) is 16.5. The minimum absolute atomic E-state index is 0.0561. The molecule has 0 atom stereocenters. The van der Waals surface area contributed by atoms with E-state index in [1.54, 1.807) is 0 Å². The Hall–Kier alpha value is -5.60. The van der Waals surface area contributed by atoms with Crippen molar-refractivity contribution in [2.75, 3.05) is 22.9 Å². The third kappa shape index (κ3) is 7.86. The van der Waals surface area contributed by atoms with Crippen molar-refractivity contribution in [3.8, 4) is 0 Å². The first-order chi connectivity index (χ1) is 28.5. The molecule has 4 aromatic carbocycles. The van der Waals surface area contributed by atoms with Crippen molar-refractivity contribution >= 4 is 22.7 Å². The number of halogens is 24. The van der Waals surface area contributed by atoms with E-state index in [0.29, 0.717) is 48.5 Å². The SMILES string of the molecule is Nc1ccc(C(F)(F)C(F)(F)C(F)(F)C(F)(F)C(F)(F)C(F)(F)C(F)(F)c2ccc(N)cc2)cc1.Nc1ccc(C(F)(F)C(F)(F)C(F)(F)C(F)(F)C(F)(F)c2ccc(N)cc2)cc1. The molecule has 4 rings (SSSR count). The van der Waals surface area contributed by atoms with Gasteiger partial charge in [-0.25, -0.2) is 0 Å². The summed E-state index contributed by atoms with van der Waals surface area (Å²) in [6.45, 7) is 0. The molecule has 0 unspecified atom stereocenters. The van der Waals surface area contributed by atoms with Gasteiger partial charge >= 0.3 is 71.1 Å². The minimum Gasteiger partial charge on any atom is -0.399 e. The molecule has 0 saturated carbocycles. The summed E-state index contributed by atoms with van der Waals surface area (Å²) in [6.07, 6.45) is 0. The number of anilines is 4. The van der Waals surface area contributed by atoms with Crippen molar-refractivity contribution < 1.29 is 105 Å². The van der Waals surface area contributed by atoms with Crippen LogP contribution in [0.15, 0.2) is 97.1 Å². The molecular weight excluding hydrogens is 944 g/mol. The van der Waals surface area contributed by atoms with Crippen molar-refractivity contribution in [3.05, 3.63) is 119 Å². The van der Waals surface area contributed by atoms with Gasteiger partial charge in [0.2, 0.25) is 0 Å². The van der Waals surface area contributed by atoms with E-state index >= 15 is 0 Å². The number of hydrogen-bond acceptors (Lipinski definition) is 4. The summed E-state index contributed by atoms with van der Waals surface area (Å²) in [4.78, 5) is 0. The molecule has 0 bridgehead atoms. The lowest BCUT2D eigenvalue weighted by Crippen LogP contribution is -2.72. The van der Waals surface area contributed by atoms with Gasteiger partial charge in [-0.15, -0.1) is 0 Å². The number of benzene rings is 4. The maximum absolute atomic E-state index is 14.1. The standard InChI is InChI=1S/C19H12F14N2.C17H12F10N2/c20-13(21,9-1-5-11(34)6-2-9)15(24,25)17(28,29)19(32,33)18(30,31)16(26,27)14(22,23)10-3-7-12(35)8-4-10;18-13(19,9-1-5-11(28)6-2-9)15(22,23)17(26,27)16(24,25)14(20,21)10-3-7-12(29)8-4-10/h1-8H,34-35H2;1-8H,28-29H2. The van der Waals surface area contributed by atoms with E-state index in [-0.39, 0.29) is 59.9 Å². The molecule has 0 radical (unpaired) electrons. The van der Waals surface area contributed by atoms with Crippen LogP contribution in [0.5, 0.6) is 0 Å². The molecule has 356 valence electrons. The van der Waals surface area contributed by atoms with E-state index < -0.39 is 105 Å². The van der Waals surface area contributed by atoms with Crippen molar-refractivity contribution in [3.63, 3.8) is 0 Å². The molecule has 0 aliphatic carbocycles. The number of alkyl halides is 24. The number of rotatable bonds is 14. The molecule has 8 N–H and O–H groups in total. The highest BCUT2D eigenvalue weighted by atomic mass is 19.4. The first-order valence-electron chi connectivity index (χ1n) is 16.5. The molecule has 0 amide bonds. The van der Waals surface area contributed by atoms with E-state index in [9.17, 15) is 105 Å². The quantitative estimate of drug-likeness (QED) is 0.0746. The molecule has 0 heterocycles. The van der Waals surface area contributed by atoms with Crippen LogP contribution in [0.1, 0.15) is 22.3 Å². The van der Waals surface area contributed by atoms with Gasteiger partial charge in [0.25, 0.3) is 0 Å². The smallest absolute Gasteiger partial charge is 0.385 e. The fourth-order valence-electron chi connectivity index (χ4n) is 5.07. The minimum atomic E-state index is -8.15. The van der Waals surface area contributed by atoms with Crippen LogP contribution in [0.2, 0.25) is 0 Å². The van der Waals surface area contributed by atoms with Crippen LogP contribution in [0.3, 0.4) is 0 Å². The summed E-state index contributed by atoms with van der Waals surface area (Å²) in [7, 11) is 0. The van der Waals surface area contributed by atoms with E-state index in [0.717, 1.165) is 0 Å². The Bertz CT molecular complexity index is 2070. The van der Waals surface area contributed by atoms with Crippen LogP contribution >= 0.6 is 0 Å². The molecule has 4 aromatic rings. The second kappa shape index (κ2) is 16.1. The first kappa shape index (κ1) is 52.7. The second-order valence-corrected chi connectivity index (χ2v) is 13.4. The lowest BCUT2D eigenvalue weighted by Gasteiger charge is -2.42. The highest BCUT2D eigenvalue weighted by Crippen LogP contribution is 2.65. The van der Waals surface area contributed by atoms with Crippen LogP contribution < -0.4 is 22.9 Å². The van der Waals surface area contributed by atoms with Crippen molar-refractivity contribution in [2.24, 2.45) is 0 Å². The van der Waals surface area contributed by atoms with E-state index in [4.69, 9.17) is 22.9 Å². The molecule has 0 spiro atoms. The van der Waals surface area contributed by atoms with E-state index in [1.807, 2.05) is 0 Å². The Labute approximate surface area is 341 Å². The Kier molecular flexibility index (Phi) is 13.3. The fraction of sp³-hybridized carbons (Fsp3) is 0.333. The molecule has 0 fully saturated rings. The Morgan fingerprint density at radius 1 is 0.188 bits per heavy atom. The molecular formula is C36H24F24N4. The van der Waals surface area contributed by atoms with Crippen LogP contribution in [-0.4, -0.2) is 47.4 Å². The highest BCUT2D eigenvalue weighted by Gasteiger charge is 2.93. The zero-order valence-electron chi connectivity index (χ0n) is 30.6. The molecule has 0 saturated heterocycles. The van der Waals surface area contributed by atoms with Crippen molar-refractivity contribution in [2.45, 2.75) is 71.1 Å². The summed E-state index contributed by atoms with van der Waals surface area (Å²) in [5.74, 6) is -84.8. The summed E-state index contributed by atoms with van der Waals surface area (Å²) in [6, 6.07) is 4.72. The van der Waals surface area contributed by atoms with Gasteiger partial charge in [-0.05, 0) is 48.5 Å². The summed E-state index contributed by atoms with van der Waals surface area (Å²) >= 11 is 0. The topological polar surface area (TPSA) is 104 Å². The predicted molar refractivity (Wildman–Crippen MR) is 179 cm³/mol. The Morgan fingerprint density at radius 2 is 0.297 bits per heavy atom. The highest BCUT2D eigenvalue weighted by molar-refractivity contribution is 5.44. The van der Waals surface area contributed by atoms with Crippen molar-refractivity contribution in [1.82, 2.24) is 0 Å². The monoisotopic (exact) mass is 968 g/mol. The Morgan fingerprint density at radius 3 is 0.438 bits per heavy atom. The number of nitrogen functional groups attached to an aromatic ring is 4. The summed E-state index contributed by atoms with van der Waals surface area (Å²) < 4.78 is 337. The fourth-order valence-corrected chi connectivity index (χ4v) is 5.07. The van der Waals surface area contributed by atoms with Crippen molar-refractivity contribution in [1.29, 1.82) is 0 Å². The third-order valence-corrected chi connectivity index (χ3v) is 9.04. The largest absolute Gasteiger partial charge is 0.399 e. The van der Waals surface area contributed by atoms with Gasteiger partial charge in [-0.1, -0.05) is 48.5 Å². The van der Waals surface area contributed by atoms with Gasteiger partial charge in [-0.2, -0.15) is 105 Å². The van der Waals surface area contributed by atoms with Crippen LogP contribution in [-0.2, 0) is 23.7 Å². The van der Waals surface area contributed by atoms with Gasteiger partial charge in [0.1, 0.15) is 0 Å². The molecule has 0 aliphatic rings.